The number of fused-ring (bicyclic) bond motifs is 1. The number of nitrogens with zero attached hydrogens (tertiary/aromatic N) is 2. The second-order valence-corrected chi connectivity index (χ2v) is 6.58. The van der Waals surface area contributed by atoms with Crippen LogP contribution in [0.3, 0.4) is 0 Å². The van der Waals surface area contributed by atoms with Crippen molar-refractivity contribution in [3.05, 3.63) is 36.2 Å². The lowest BCUT2D eigenvalue weighted by molar-refractivity contribution is 0.0389. The second-order valence-electron chi connectivity index (χ2n) is 6.58. The molecule has 0 fully saturated rings. The molecule has 2 atom stereocenters. The predicted molar refractivity (Wildman–Crippen MR) is 83.0 cm³/mol. The Morgan fingerprint density at radius 3 is 2.76 bits per heavy atom. The van der Waals surface area contributed by atoms with Gasteiger partial charge in [-0.15, -0.1) is 0 Å². The Labute approximate surface area is 125 Å². The van der Waals surface area contributed by atoms with E-state index >= 15 is 0 Å². The number of aromatic nitrogens is 2. The van der Waals surface area contributed by atoms with Crippen LogP contribution in [0.1, 0.15) is 32.8 Å². The monoisotopic (exact) mass is 291 g/mol. The Bertz CT molecular complexity index is 574. The average molecular weight is 291 g/mol. The third-order valence-corrected chi connectivity index (χ3v) is 3.82. The van der Waals surface area contributed by atoms with Crippen LogP contribution in [0.15, 0.2) is 30.6 Å². The highest BCUT2D eigenvalue weighted by atomic mass is 16.3. The highest BCUT2D eigenvalue weighted by molar-refractivity contribution is 5.53. The Hall–Kier alpha value is -1.43. The average Bonchev–Trinajstić information content (AvgIpc) is 2.85. The van der Waals surface area contributed by atoms with E-state index in [0.717, 1.165) is 11.1 Å². The molecular formula is C16H25N3O2. The molecule has 0 aliphatic rings. The van der Waals surface area contributed by atoms with Crippen LogP contribution in [-0.4, -0.2) is 38.6 Å². The van der Waals surface area contributed by atoms with E-state index in [0.29, 0.717) is 13.0 Å². The Morgan fingerprint density at radius 2 is 2.10 bits per heavy atom. The number of rotatable bonds is 6. The lowest BCUT2D eigenvalue weighted by Gasteiger charge is -2.29. The fourth-order valence-corrected chi connectivity index (χ4v) is 2.22. The molecule has 3 N–H and O–H groups in total. The topological polar surface area (TPSA) is 69.8 Å². The van der Waals surface area contributed by atoms with Crippen LogP contribution in [0.5, 0.6) is 0 Å². The fourth-order valence-electron chi connectivity index (χ4n) is 2.22. The van der Waals surface area contributed by atoms with Gasteiger partial charge in [0.1, 0.15) is 0 Å². The minimum atomic E-state index is -0.453. The van der Waals surface area contributed by atoms with E-state index in [2.05, 4.69) is 10.4 Å². The van der Waals surface area contributed by atoms with Gasteiger partial charge in [-0.2, -0.15) is 5.10 Å². The summed E-state index contributed by atoms with van der Waals surface area (Å²) >= 11 is 0. The molecule has 0 bridgehead atoms. The van der Waals surface area contributed by atoms with Crippen molar-refractivity contribution in [3.8, 4) is 0 Å². The maximum absolute atomic E-state index is 10.1. The van der Waals surface area contributed by atoms with Crippen LogP contribution in [0, 0.1) is 5.41 Å². The van der Waals surface area contributed by atoms with Gasteiger partial charge in [0.2, 0.25) is 0 Å². The molecule has 0 aliphatic heterocycles. The molecule has 5 nitrogen and oxygen atoms in total. The number of pyridine rings is 1. The van der Waals surface area contributed by atoms with Gasteiger partial charge in [-0.3, -0.25) is 0 Å². The minimum Gasteiger partial charge on any atom is -0.395 e. The summed E-state index contributed by atoms with van der Waals surface area (Å²) in [7, 11) is 0. The van der Waals surface area contributed by atoms with E-state index in [4.69, 9.17) is 0 Å². The number of hydrogen-bond donors (Lipinski definition) is 3. The normalized spacial score (nSPS) is 15.3. The molecule has 0 saturated heterocycles. The summed E-state index contributed by atoms with van der Waals surface area (Å²) in [6.45, 7) is 6.62. The van der Waals surface area contributed by atoms with Gasteiger partial charge in [0.15, 0.2) is 0 Å². The van der Waals surface area contributed by atoms with Gasteiger partial charge in [-0.05, 0) is 24.0 Å². The summed E-state index contributed by atoms with van der Waals surface area (Å²) in [6, 6.07) is 5.81. The molecule has 2 heterocycles. The van der Waals surface area contributed by atoms with Gasteiger partial charge in [0, 0.05) is 24.3 Å². The summed E-state index contributed by atoms with van der Waals surface area (Å²) in [4.78, 5) is 0. The molecular weight excluding hydrogens is 266 g/mol. The van der Waals surface area contributed by atoms with Crippen LogP contribution in [0.25, 0.3) is 5.52 Å². The van der Waals surface area contributed by atoms with Crippen molar-refractivity contribution in [3.63, 3.8) is 0 Å². The first-order valence-corrected chi connectivity index (χ1v) is 7.35. The molecule has 0 unspecified atom stereocenters. The number of aliphatic hydroxyl groups excluding tert-OH is 2. The summed E-state index contributed by atoms with van der Waals surface area (Å²) in [5.41, 5.74) is 1.96. The quantitative estimate of drug-likeness (QED) is 0.756. The zero-order chi connectivity index (χ0) is 15.5. The van der Waals surface area contributed by atoms with Gasteiger partial charge in [0.25, 0.3) is 0 Å². The summed E-state index contributed by atoms with van der Waals surface area (Å²) in [6.07, 6.45) is 3.81. The second kappa shape index (κ2) is 6.56. The molecule has 2 aromatic rings. The van der Waals surface area contributed by atoms with E-state index in [1.807, 2.05) is 55.9 Å². The number of nitrogens with one attached hydrogen (secondary N) is 1. The van der Waals surface area contributed by atoms with Crippen molar-refractivity contribution >= 4 is 5.52 Å². The van der Waals surface area contributed by atoms with Crippen molar-refractivity contribution in [2.75, 3.05) is 6.61 Å². The standard InChI is InChI=1S/C16H25N3O2/c1-16(2,3)15(21)8-13(11-20)17-9-12-10-18-19-7-5-4-6-14(12)19/h4-7,10,13,15,17,20-21H,8-9,11H2,1-3H3/t13-,15+/m1/s1. The van der Waals surface area contributed by atoms with Gasteiger partial charge in [0.05, 0.1) is 24.4 Å². The van der Waals surface area contributed by atoms with Crippen LogP contribution in [0.4, 0.5) is 0 Å². The molecule has 0 aromatic carbocycles. The largest absolute Gasteiger partial charge is 0.395 e. The SMILES string of the molecule is CC(C)(C)[C@@H](O)C[C@H](CO)NCc1cnn2ccccc12. The molecule has 0 spiro atoms. The Morgan fingerprint density at radius 1 is 1.33 bits per heavy atom. The predicted octanol–water partition coefficient (Wildman–Crippen LogP) is 1.58. The van der Waals surface area contributed by atoms with Crippen LogP contribution < -0.4 is 5.32 Å². The van der Waals surface area contributed by atoms with Crippen molar-refractivity contribution < 1.29 is 10.2 Å². The third-order valence-electron chi connectivity index (χ3n) is 3.82. The first-order chi connectivity index (χ1) is 9.91. The Balaban J connectivity index is 1.97. The van der Waals surface area contributed by atoms with E-state index in [1.165, 1.54) is 0 Å². The first kappa shape index (κ1) is 15.9. The summed E-state index contributed by atoms with van der Waals surface area (Å²) in [5.74, 6) is 0. The van der Waals surface area contributed by atoms with E-state index in [9.17, 15) is 10.2 Å². The third kappa shape index (κ3) is 4.03. The molecule has 116 valence electrons. The molecule has 5 heteroatoms. The van der Waals surface area contributed by atoms with Crippen molar-refractivity contribution in [1.29, 1.82) is 0 Å². The summed E-state index contributed by atoms with van der Waals surface area (Å²) < 4.78 is 1.83. The van der Waals surface area contributed by atoms with Crippen LogP contribution in [0.2, 0.25) is 0 Å². The molecule has 2 aromatic heterocycles. The Kier molecular flexibility index (Phi) is 4.98. The zero-order valence-corrected chi connectivity index (χ0v) is 13.0. The highest BCUT2D eigenvalue weighted by Crippen LogP contribution is 2.22. The van der Waals surface area contributed by atoms with Crippen LogP contribution >= 0.6 is 0 Å². The van der Waals surface area contributed by atoms with Crippen molar-refractivity contribution in [1.82, 2.24) is 14.9 Å². The van der Waals surface area contributed by atoms with Gasteiger partial charge < -0.3 is 15.5 Å². The van der Waals surface area contributed by atoms with E-state index < -0.39 is 6.10 Å². The maximum Gasteiger partial charge on any atom is 0.0706 e. The number of hydrogen-bond acceptors (Lipinski definition) is 4. The smallest absolute Gasteiger partial charge is 0.0706 e. The lowest BCUT2D eigenvalue weighted by atomic mass is 9.85. The molecule has 0 aliphatic carbocycles. The number of aliphatic hydroxyl groups is 2. The van der Waals surface area contributed by atoms with Gasteiger partial charge >= 0.3 is 0 Å². The molecule has 0 amide bonds. The molecule has 2 rings (SSSR count). The lowest BCUT2D eigenvalue weighted by Crippen LogP contribution is -2.39. The molecule has 21 heavy (non-hydrogen) atoms. The highest BCUT2D eigenvalue weighted by Gasteiger charge is 2.25. The maximum atomic E-state index is 10.1. The molecule has 0 radical (unpaired) electrons. The minimum absolute atomic E-state index is 0.00630. The zero-order valence-electron chi connectivity index (χ0n) is 13.0. The van der Waals surface area contributed by atoms with Crippen molar-refractivity contribution in [2.45, 2.75) is 45.9 Å². The van der Waals surface area contributed by atoms with Crippen molar-refractivity contribution in [2.24, 2.45) is 5.41 Å². The van der Waals surface area contributed by atoms with Gasteiger partial charge in [-0.1, -0.05) is 26.8 Å². The van der Waals surface area contributed by atoms with Crippen LogP contribution in [-0.2, 0) is 6.54 Å². The van der Waals surface area contributed by atoms with E-state index in [-0.39, 0.29) is 18.1 Å². The first-order valence-electron chi connectivity index (χ1n) is 7.35. The molecule has 0 saturated carbocycles. The van der Waals surface area contributed by atoms with E-state index in [1.54, 1.807) is 0 Å². The fraction of sp³-hybridized carbons (Fsp3) is 0.562. The summed E-state index contributed by atoms with van der Waals surface area (Å²) in [5, 5.41) is 27.2. The van der Waals surface area contributed by atoms with Gasteiger partial charge in [-0.25, -0.2) is 4.52 Å².